The first kappa shape index (κ1) is 11.1. The maximum Gasteiger partial charge on any atom is 0.220 e. The molecule has 1 aromatic carbocycles. The predicted molar refractivity (Wildman–Crippen MR) is 57.5 cm³/mol. The molecule has 1 aliphatic rings. The number of hydrogen-bond donors (Lipinski definition) is 1. The number of carbonyl (C=O) groups excluding carboxylic acids is 1. The highest BCUT2D eigenvalue weighted by molar-refractivity contribution is 5.76. The fourth-order valence-corrected chi connectivity index (χ4v) is 1.53. The maximum absolute atomic E-state index is 12.6. The Balaban J connectivity index is 1.73. The minimum Gasteiger partial charge on any atom is -0.377 e. The molecule has 1 N–H and O–H groups in total. The SMILES string of the molecule is O=C(CCc1ccc(F)cc1)NC1COC1. The number of ether oxygens (including phenoxy) is 1. The van der Waals surface area contributed by atoms with Crippen LogP contribution in [0.2, 0.25) is 0 Å². The van der Waals surface area contributed by atoms with Gasteiger partial charge < -0.3 is 10.1 Å². The van der Waals surface area contributed by atoms with Gasteiger partial charge in [0.2, 0.25) is 5.91 Å². The predicted octanol–water partition coefficient (Wildman–Crippen LogP) is 1.27. The van der Waals surface area contributed by atoms with Crippen LogP contribution in [0.3, 0.4) is 0 Å². The third-order valence-electron chi connectivity index (χ3n) is 2.56. The minimum atomic E-state index is -0.250. The molecule has 1 aromatic rings. The van der Waals surface area contributed by atoms with E-state index in [1.54, 1.807) is 12.1 Å². The van der Waals surface area contributed by atoms with Gasteiger partial charge in [0, 0.05) is 6.42 Å². The van der Waals surface area contributed by atoms with Gasteiger partial charge in [-0.25, -0.2) is 4.39 Å². The lowest BCUT2D eigenvalue weighted by Crippen LogP contribution is -2.48. The highest BCUT2D eigenvalue weighted by Gasteiger charge is 2.19. The van der Waals surface area contributed by atoms with Crippen molar-refractivity contribution in [1.82, 2.24) is 5.32 Å². The summed E-state index contributed by atoms with van der Waals surface area (Å²) >= 11 is 0. The number of carbonyl (C=O) groups is 1. The number of rotatable bonds is 4. The van der Waals surface area contributed by atoms with Crippen LogP contribution in [0.1, 0.15) is 12.0 Å². The van der Waals surface area contributed by atoms with Crippen LogP contribution < -0.4 is 5.32 Å². The van der Waals surface area contributed by atoms with Gasteiger partial charge in [-0.2, -0.15) is 0 Å². The average Bonchev–Trinajstić information content (AvgIpc) is 2.23. The molecule has 0 atom stereocenters. The average molecular weight is 223 g/mol. The van der Waals surface area contributed by atoms with Gasteiger partial charge in [-0.1, -0.05) is 12.1 Å². The van der Waals surface area contributed by atoms with E-state index in [1.807, 2.05) is 0 Å². The van der Waals surface area contributed by atoms with Gasteiger partial charge >= 0.3 is 0 Å². The summed E-state index contributed by atoms with van der Waals surface area (Å²) in [5, 5.41) is 2.86. The Labute approximate surface area is 93.6 Å². The van der Waals surface area contributed by atoms with E-state index < -0.39 is 0 Å². The molecule has 3 nitrogen and oxygen atoms in total. The Hall–Kier alpha value is -1.42. The molecule has 0 aromatic heterocycles. The van der Waals surface area contributed by atoms with Crippen LogP contribution in [-0.2, 0) is 16.0 Å². The van der Waals surface area contributed by atoms with E-state index in [2.05, 4.69) is 5.32 Å². The second kappa shape index (κ2) is 5.07. The van der Waals surface area contributed by atoms with Crippen molar-refractivity contribution >= 4 is 5.91 Å². The molecule has 1 amide bonds. The number of amides is 1. The lowest BCUT2D eigenvalue weighted by Gasteiger charge is -2.26. The van der Waals surface area contributed by atoms with Gasteiger partial charge in [0.1, 0.15) is 5.82 Å². The van der Waals surface area contributed by atoms with Gasteiger partial charge in [0.25, 0.3) is 0 Å². The summed E-state index contributed by atoms with van der Waals surface area (Å²) in [7, 11) is 0. The molecule has 1 saturated heterocycles. The van der Waals surface area contributed by atoms with Crippen molar-refractivity contribution in [3.05, 3.63) is 35.6 Å². The fraction of sp³-hybridized carbons (Fsp3) is 0.417. The Morgan fingerprint density at radius 2 is 2.06 bits per heavy atom. The van der Waals surface area contributed by atoms with Crippen LogP contribution in [0.25, 0.3) is 0 Å². The normalized spacial score (nSPS) is 15.6. The lowest BCUT2D eigenvalue weighted by molar-refractivity contribution is -0.125. The van der Waals surface area contributed by atoms with Crippen LogP contribution in [0, 0.1) is 5.82 Å². The largest absolute Gasteiger partial charge is 0.377 e. The second-order valence-corrected chi connectivity index (χ2v) is 3.93. The molecule has 1 fully saturated rings. The number of aryl methyl sites for hydroxylation is 1. The van der Waals surface area contributed by atoms with Crippen molar-refractivity contribution in [2.24, 2.45) is 0 Å². The molecule has 0 spiro atoms. The zero-order valence-electron chi connectivity index (χ0n) is 8.91. The summed E-state index contributed by atoms with van der Waals surface area (Å²) in [6, 6.07) is 6.41. The van der Waals surface area contributed by atoms with E-state index in [9.17, 15) is 9.18 Å². The number of hydrogen-bond acceptors (Lipinski definition) is 2. The molecule has 0 saturated carbocycles. The molecule has 4 heteroatoms. The van der Waals surface area contributed by atoms with E-state index in [1.165, 1.54) is 12.1 Å². The quantitative estimate of drug-likeness (QED) is 0.834. The summed E-state index contributed by atoms with van der Waals surface area (Å²) in [4.78, 5) is 11.4. The van der Waals surface area contributed by atoms with Crippen molar-refractivity contribution in [2.45, 2.75) is 18.9 Å². The van der Waals surface area contributed by atoms with Gasteiger partial charge in [-0.15, -0.1) is 0 Å². The third-order valence-corrected chi connectivity index (χ3v) is 2.56. The van der Waals surface area contributed by atoms with Crippen LogP contribution >= 0.6 is 0 Å². The van der Waals surface area contributed by atoms with Crippen LogP contribution in [0.15, 0.2) is 24.3 Å². The Bertz CT molecular complexity index is 360. The molecule has 0 unspecified atom stereocenters. The van der Waals surface area contributed by atoms with Crippen LogP contribution in [0.5, 0.6) is 0 Å². The second-order valence-electron chi connectivity index (χ2n) is 3.93. The molecule has 0 aliphatic carbocycles. The number of halogens is 1. The highest BCUT2D eigenvalue weighted by Crippen LogP contribution is 2.06. The molecule has 0 bridgehead atoms. The first-order valence-electron chi connectivity index (χ1n) is 5.35. The van der Waals surface area contributed by atoms with Gasteiger partial charge in [-0.3, -0.25) is 4.79 Å². The first-order valence-corrected chi connectivity index (χ1v) is 5.35. The van der Waals surface area contributed by atoms with E-state index in [0.29, 0.717) is 26.1 Å². The fourth-order valence-electron chi connectivity index (χ4n) is 1.53. The Kier molecular flexibility index (Phi) is 3.51. The van der Waals surface area contributed by atoms with Crippen LogP contribution in [0.4, 0.5) is 4.39 Å². The molecule has 1 aliphatic heterocycles. The topological polar surface area (TPSA) is 38.3 Å². The van der Waals surface area contributed by atoms with E-state index >= 15 is 0 Å². The molecule has 16 heavy (non-hydrogen) atoms. The molecule has 2 rings (SSSR count). The third kappa shape index (κ3) is 3.03. The molecular weight excluding hydrogens is 209 g/mol. The first-order chi connectivity index (χ1) is 7.74. The summed E-state index contributed by atoms with van der Waals surface area (Å²) < 4.78 is 17.6. The minimum absolute atomic E-state index is 0.0256. The summed E-state index contributed by atoms with van der Waals surface area (Å²) in [6.07, 6.45) is 1.07. The molecule has 86 valence electrons. The van der Waals surface area contributed by atoms with Gasteiger partial charge in [-0.05, 0) is 24.1 Å². The van der Waals surface area contributed by atoms with E-state index in [0.717, 1.165) is 5.56 Å². The number of benzene rings is 1. The lowest BCUT2D eigenvalue weighted by atomic mass is 10.1. The van der Waals surface area contributed by atoms with Gasteiger partial charge in [0.05, 0.1) is 19.3 Å². The highest BCUT2D eigenvalue weighted by atomic mass is 19.1. The monoisotopic (exact) mass is 223 g/mol. The zero-order valence-corrected chi connectivity index (χ0v) is 8.91. The smallest absolute Gasteiger partial charge is 0.220 e. The van der Waals surface area contributed by atoms with Crippen molar-refractivity contribution in [3.8, 4) is 0 Å². The molecular formula is C12H14FNO2. The summed E-state index contributed by atoms with van der Waals surface area (Å²) in [6.45, 7) is 1.23. The van der Waals surface area contributed by atoms with Crippen LogP contribution in [-0.4, -0.2) is 25.2 Å². The van der Waals surface area contributed by atoms with Crippen molar-refractivity contribution in [2.75, 3.05) is 13.2 Å². The van der Waals surface area contributed by atoms with Crippen molar-refractivity contribution in [3.63, 3.8) is 0 Å². The summed E-state index contributed by atoms with van der Waals surface area (Å²) in [5.74, 6) is -0.225. The Morgan fingerprint density at radius 3 is 2.62 bits per heavy atom. The zero-order chi connectivity index (χ0) is 11.4. The standard InChI is InChI=1S/C12H14FNO2/c13-10-4-1-9(2-5-10)3-6-12(15)14-11-7-16-8-11/h1-2,4-5,11H,3,6-8H2,(H,14,15). The van der Waals surface area contributed by atoms with E-state index in [-0.39, 0.29) is 17.8 Å². The van der Waals surface area contributed by atoms with Crippen molar-refractivity contribution in [1.29, 1.82) is 0 Å². The maximum atomic E-state index is 12.6. The molecule has 0 radical (unpaired) electrons. The molecule has 1 heterocycles. The van der Waals surface area contributed by atoms with E-state index in [4.69, 9.17) is 4.74 Å². The van der Waals surface area contributed by atoms with Gasteiger partial charge in [0.15, 0.2) is 0 Å². The Morgan fingerprint density at radius 1 is 1.38 bits per heavy atom. The van der Waals surface area contributed by atoms with Crippen molar-refractivity contribution < 1.29 is 13.9 Å². The summed E-state index contributed by atoms with van der Waals surface area (Å²) in [5.41, 5.74) is 0.974. The number of nitrogens with one attached hydrogen (secondary N) is 1.